The molecule has 1 saturated carbocycles. The van der Waals surface area contributed by atoms with Crippen molar-refractivity contribution < 1.29 is 9.53 Å². The highest BCUT2D eigenvalue weighted by Crippen LogP contribution is 2.39. The maximum atomic E-state index is 12.9. The Balaban J connectivity index is 1.57. The molecule has 0 atom stereocenters. The van der Waals surface area contributed by atoms with E-state index in [9.17, 15) is 4.79 Å². The van der Waals surface area contributed by atoms with E-state index in [1.165, 1.54) is 0 Å². The third kappa shape index (κ3) is 3.84. The van der Waals surface area contributed by atoms with E-state index >= 15 is 0 Å². The van der Waals surface area contributed by atoms with Crippen molar-refractivity contribution in [3.63, 3.8) is 0 Å². The van der Waals surface area contributed by atoms with Gasteiger partial charge in [-0.2, -0.15) is 5.10 Å². The predicted octanol–water partition coefficient (Wildman–Crippen LogP) is 3.47. The van der Waals surface area contributed by atoms with Gasteiger partial charge in [-0.3, -0.25) is 4.79 Å². The summed E-state index contributed by atoms with van der Waals surface area (Å²) in [5.74, 6) is 0.865. The number of ether oxygens (including phenoxy) is 1. The summed E-state index contributed by atoms with van der Waals surface area (Å²) in [6.07, 6.45) is 3.96. The van der Waals surface area contributed by atoms with Crippen LogP contribution in [-0.4, -0.2) is 27.3 Å². The second-order valence-corrected chi connectivity index (χ2v) is 6.56. The highest BCUT2D eigenvalue weighted by molar-refractivity contribution is 5.93. The van der Waals surface area contributed by atoms with Crippen LogP contribution in [0.25, 0.3) is 5.69 Å². The Morgan fingerprint density at radius 2 is 2.04 bits per heavy atom. The second-order valence-electron chi connectivity index (χ2n) is 6.56. The van der Waals surface area contributed by atoms with Gasteiger partial charge in [0.1, 0.15) is 5.69 Å². The molecule has 1 fully saturated rings. The van der Waals surface area contributed by atoms with E-state index in [1.54, 1.807) is 10.9 Å². The van der Waals surface area contributed by atoms with E-state index in [0.29, 0.717) is 30.6 Å². The summed E-state index contributed by atoms with van der Waals surface area (Å²) in [6, 6.07) is 15.4. The van der Waals surface area contributed by atoms with Gasteiger partial charge in [0.15, 0.2) is 0 Å². The number of carbonyl (C=O) groups is 1. The van der Waals surface area contributed by atoms with E-state index in [-0.39, 0.29) is 5.91 Å². The Hall–Kier alpha value is -3.15. The number of hydrogen-bond donors (Lipinski definition) is 1. The number of aromatic nitrogens is 3. The molecular formula is C21H22N4O2. The van der Waals surface area contributed by atoms with Gasteiger partial charge in [-0.25, -0.2) is 9.67 Å². The van der Waals surface area contributed by atoms with E-state index in [4.69, 9.17) is 4.74 Å². The molecule has 0 radical (unpaired) electrons. The zero-order valence-electron chi connectivity index (χ0n) is 15.3. The second kappa shape index (κ2) is 7.61. The Bertz CT molecular complexity index is 932. The maximum absolute atomic E-state index is 12.9. The molecule has 0 saturated heterocycles. The standard InChI is InChI=1S/C21H22N4O2/c1-2-27-21-16(7-6-12-22-21)14-23-20(26)19-13-18(15-10-11-15)24-25(19)17-8-4-3-5-9-17/h3-9,12-13,15H,2,10-11,14H2,1H3,(H,23,26). The molecular weight excluding hydrogens is 340 g/mol. The fourth-order valence-electron chi connectivity index (χ4n) is 3.00. The van der Waals surface area contributed by atoms with Crippen molar-refractivity contribution in [2.24, 2.45) is 0 Å². The first-order chi connectivity index (χ1) is 13.3. The normalized spacial score (nSPS) is 13.4. The molecule has 3 aromatic rings. The minimum atomic E-state index is -0.162. The average molecular weight is 362 g/mol. The van der Waals surface area contributed by atoms with Crippen LogP contribution in [-0.2, 0) is 6.54 Å². The summed E-state index contributed by atoms with van der Waals surface area (Å²) in [5.41, 5.74) is 3.26. The predicted molar refractivity (Wildman–Crippen MR) is 102 cm³/mol. The van der Waals surface area contributed by atoms with Crippen LogP contribution in [0, 0.1) is 0 Å². The van der Waals surface area contributed by atoms with E-state index in [0.717, 1.165) is 29.8 Å². The molecule has 2 heterocycles. The Kier molecular flexibility index (Phi) is 4.87. The lowest BCUT2D eigenvalue weighted by Crippen LogP contribution is -2.25. The highest BCUT2D eigenvalue weighted by Gasteiger charge is 2.29. The fourth-order valence-corrected chi connectivity index (χ4v) is 3.00. The van der Waals surface area contributed by atoms with Crippen LogP contribution in [0.2, 0.25) is 0 Å². The molecule has 1 N–H and O–H groups in total. The Morgan fingerprint density at radius 3 is 2.78 bits per heavy atom. The van der Waals surface area contributed by atoms with Crippen LogP contribution in [0.5, 0.6) is 5.88 Å². The lowest BCUT2D eigenvalue weighted by molar-refractivity contribution is 0.0942. The van der Waals surface area contributed by atoms with Crippen LogP contribution < -0.4 is 10.1 Å². The molecule has 1 aliphatic carbocycles. The first kappa shape index (κ1) is 17.3. The molecule has 0 unspecified atom stereocenters. The van der Waals surface area contributed by atoms with Crippen molar-refractivity contribution in [2.45, 2.75) is 32.2 Å². The summed E-state index contributed by atoms with van der Waals surface area (Å²) >= 11 is 0. The molecule has 0 spiro atoms. The molecule has 1 amide bonds. The number of hydrogen-bond acceptors (Lipinski definition) is 4. The van der Waals surface area contributed by atoms with E-state index in [1.807, 2.05) is 55.5 Å². The van der Waals surface area contributed by atoms with Gasteiger partial charge >= 0.3 is 0 Å². The fraction of sp³-hybridized carbons (Fsp3) is 0.286. The summed E-state index contributed by atoms with van der Waals surface area (Å²) in [6.45, 7) is 2.79. The van der Waals surface area contributed by atoms with Gasteiger partial charge < -0.3 is 10.1 Å². The molecule has 2 aromatic heterocycles. The minimum absolute atomic E-state index is 0.162. The molecule has 1 aromatic carbocycles. The van der Waals surface area contributed by atoms with Crippen LogP contribution >= 0.6 is 0 Å². The van der Waals surface area contributed by atoms with Crippen molar-refractivity contribution in [1.29, 1.82) is 0 Å². The average Bonchev–Trinajstić information content (AvgIpc) is 3.46. The molecule has 1 aliphatic rings. The molecule has 0 bridgehead atoms. The number of pyridine rings is 1. The number of benzene rings is 1. The number of nitrogens with one attached hydrogen (secondary N) is 1. The number of rotatable bonds is 7. The summed E-state index contributed by atoms with van der Waals surface area (Å²) < 4.78 is 7.26. The highest BCUT2D eigenvalue weighted by atomic mass is 16.5. The lowest BCUT2D eigenvalue weighted by atomic mass is 10.2. The van der Waals surface area contributed by atoms with Crippen molar-refractivity contribution >= 4 is 5.91 Å². The largest absolute Gasteiger partial charge is 0.478 e. The van der Waals surface area contributed by atoms with Gasteiger partial charge in [-0.05, 0) is 44.0 Å². The number of nitrogens with zero attached hydrogens (tertiary/aromatic N) is 3. The first-order valence-corrected chi connectivity index (χ1v) is 9.26. The molecule has 138 valence electrons. The summed E-state index contributed by atoms with van der Waals surface area (Å²) in [7, 11) is 0. The van der Waals surface area contributed by atoms with Gasteiger partial charge in [-0.15, -0.1) is 0 Å². The SMILES string of the molecule is CCOc1ncccc1CNC(=O)c1cc(C2CC2)nn1-c1ccccc1. The smallest absolute Gasteiger partial charge is 0.270 e. The van der Waals surface area contributed by atoms with Crippen LogP contribution in [0.4, 0.5) is 0 Å². The van der Waals surface area contributed by atoms with Crippen LogP contribution in [0.1, 0.15) is 47.4 Å². The topological polar surface area (TPSA) is 69.0 Å². The molecule has 4 rings (SSSR count). The quantitative estimate of drug-likeness (QED) is 0.699. The van der Waals surface area contributed by atoms with Gasteiger partial charge in [0.05, 0.1) is 18.0 Å². The molecule has 6 heteroatoms. The van der Waals surface area contributed by atoms with Gasteiger partial charge in [0, 0.05) is 24.2 Å². The van der Waals surface area contributed by atoms with Crippen LogP contribution in [0.15, 0.2) is 54.7 Å². The summed E-state index contributed by atoms with van der Waals surface area (Å²) in [4.78, 5) is 17.1. The van der Waals surface area contributed by atoms with Crippen molar-refractivity contribution in [3.05, 3.63) is 71.7 Å². The molecule has 0 aliphatic heterocycles. The monoisotopic (exact) mass is 362 g/mol. The molecule has 6 nitrogen and oxygen atoms in total. The van der Waals surface area contributed by atoms with Gasteiger partial charge in [-0.1, -0.05) is 24.3 Å². The third-order valence-corrected chi connectivity index (χ3v) is 4.53. The van der Waals surface area contributed by atoms with Crippen molar-refractivity contribution in [2.75, 3.05) is 6.61 Å². The Labute approximate surface area is 158 Å². The summed E-state index contributed by atoms with van der Waals surface area (Å²) in [5, 5.41) is 7.66. The van der Waals surface area contributed by atoms with Crippen LogP contribution in [0.3, 0.4) is 0 Å². The third-order valence-electron chi connectivity index (χ3n) is 4.53. The first-order valence-electron chi connectivity index (χ1n) is 9.26. The number of para-hydroxylation sites is 1. The zero-order valence-corrected chi connectivity index (χ0v) is 15.3. The number of amides is 1. The van der Waals surface area contributed by atoms with Gasteiger partial charge in [0.25, 0.3) is 5.91 Å². The minimum Gasteiger partial charge on any atom is -0.478 e. The Morgan fingerprint density at radius 1 is 1.22 bits per heavy atom. The maximum Gasteiger partial charge on any atom is 0.270 e. The van der Waals surface area contributed by atoms with Crippen molar-refractivity contribution in [1.82, 2.24) is 20.1 Å². The number of carbonyl (C=O) groups excluding carboxylic acids is 1. The molecule has 27 heavy (non-hydrogen) atoms. The van der Waals surface area contributed by atoms with E-state index in [2.05, 4.69) is 15.4 Å². The van der Waals surface area contributed by atoms with Gasteiger partial charge in [0.2, 0.25) is 5.88 Å². The zero-order chi connectivity index (χ0) is 18.6. The van der Waals surface area contributed by atoms with E-state index < -0.39 is 0 Å². The van der Waals surface area contributed by atoms with Crippen molar-refractivity contribution in [3.8, 4) is 11.6 Å². The lowest BCUT2D eigenvalue weighted by Gasteiger charge is -2.11.